The smallest absolute Gasteiger partial charge is 0.333 e. The van der Waals surface area contributed by atoms with Gasteiger partial charge < -0.3 is 20.2 Å². The van der Waals surface area contributed by atoms with Crippen molar-refractivity contribution in [2.24, 2.45) is 0 Å². The Labute approximate surface area is 133 Å². The van der Waals surface area contributed by atoms with E-state index in [2.05, 4.69) is 0 Å². The van der Waals surface area contributed by atoms with Gasteiger partial charge >= 0.3 is 5.97 Å². The molecule has 0 saturated heterocycles. The highest BCUT2D eigenvalue weighted by molar-refractivity contribution is 7.99. The van der Waals surface area contributed by atoms with Gasteiger partial charge in [0.05, 0.1) is 0 Å². The van der Waals surface area contributed by atoms with E-state index in [9.17, 15) is 14.7 Å². The summed E-state index contributed by atoms with van der Waals surface area (Å²) in [5.74, 6) is -1.14. The lowest BCUT2D eigenvalue weighted by Crippen LogP contribution is -2.36. The van der Waals surface area contributed by atoms with Crippen LogP contribution in [0.2, 0.25) is 0 Å². The van der Waals surface area contributed by atoms with Crippen LogP contribution < -0.4 is 4.90 Å². The third-order valence-corrected chi connectivity index (χ3v) is 4.19. The fraction of sp³-hybridized carbons (Fsp3) is 0.467. The second-order valence-electron chi connectivity index (χ2n) is 4.87. The number of nitrogens with zero attached hydrogens (tertiary/aromatic N) is 1. The molecule has 0 aliphatic heterocycles. The molecule has 0 spiro atoms. The summed E-state index contributed by atoms with van der Waals surface area (Å²) in [5.41, 5.74) is 2.62. The minimum absolute atomic E-state index is 0.0588. The zero-order valence-electron chi connectivity index (χ0n) is 12.7. The molecule has 1 unspecified atom stereocenters. The Kier molecular flexibility index (Phi) is 7.37. The van der Waals surface area contributed by atoms with E-state index in [1.165, 1.54) is 16.7 Å². The molecular formula is C15H21NO5S. The summed E-state index contributed by atoms with van der Waals surface area (Å²) in [4.78, 5) is 24.0. The average Bonchev–Trinajstić information content (AvgIpc) is 2.47. The average molecular weight is 327 g/mol. The molecule has 1 rings (SSSR count). The van der Waals surface area contributed by atoms with E-state index < -0.39 is 24.6 Å². The van der Waals surface area contributed by atoms with Crippen molar-refractivity contribution in [2.75, 3.05) is 29.6 Å². The van der Waals surface area contributed by atoms with Gasteiger partial charge in [-0.25, -0.2) is 4.79 Å². The number of hydrogen-bond acceptors (Lipinski definition) is 5. The van der Waals surface area contributed by atoms with E-state index >= 15 is 0 Å². The maximum absolute atomic E-state index is 12.0. The van der Waals surface area contributed by atoms with Crippen LogP contribution in [0.1, 0.15) is 11.1 Å². The van der Waals surface area contributed by atoms with Crippen molar-refractivity contribution in [3.63, 3.8) is 0 Å². The van der Waals surface area contributed by atoms with Crippen molar-refractivity contribution in [2.45, 2.75) is 20.0 Å². The van der Waals surface area contributed by atoms with Gasteiger partial charge in [0.25, 0.3) is 5.91 Å². The number of para-hydroxylation sites is 1. The van der Waals surface area contributed by atoms with Crippen LogP contribution in [-0.4, -0.2) is 58.0 Å². The van der Waals surface area contributed by atoms with Gasteiger partial charge in [0.2, 0.25) is 0 Å². The molecule has 0 heterocycles. The molecule has 122 valence electrons. The quantitative estimate of drug-likeness (QED) is 0.611. The van der Waals surface area contributed by atoms with Gasteiger partial charge in [-0.1, -0.05) is 18.2 Å². The predicted octanol–water partition coefficient (Wildman–Crippen LogP) is 0.807. The molecule has 0 bridgehead atoms. The summed E-state index contributed by atoms with van der Waals surface area (Å²) < 4.78 is 0. The Morgan fingerprint density at radius 3 is 2.36 bits per heavy atom. The van der Waals surface area contributed by atoms with Gasteiger partial charge in [-0.05, 0) is 25.0 Å². The number of benzene rings is 1. The number of carboxylic acid groups (broad SMARTS) is 1. The van der Waals surface area contributed by atoms with Gasteiger partial charge in [-0.2, -0.15) is 11.8 Å². The lowest BCUT2D eigenvalue weighted by molar-refractivity contribution is -0.145. The van der Waals surface area contributed by atoms with E-state index in [-0.39, 0.29) is 5.75 Å². The van der Waals surface area contributed by atoms with Gasteiger partial charge in [0, 0.05) is 23.7 Å². The van der Waals surface area contributed by atoms with Crippen molar-refractivity contribution < 1.29 is 24.9 Å². The highest BCUT2D eigenvalue weighted by atomic mass is 32.2. The minimum atomic E-state index is -1.41. The molecule has 3 N–H and O–H groups in total. The standard InChI is InChI=1S/C15H21NO5S/c1-10-4-3-5-11(2)14(10)16(13(19)8-17)6-7-22-9-12(18)15(20)21/h3-5,12,17-18H,6-9H2,1-2H3,(H,20,21). The Hall–Kier alpha value is -1.57. The van der Waals surface area contributed by atoms with Gasteiger partial charge in [-0.3, -0.25) is 4.79 Å². The van der Waals surface area contributed by atoms with Crippen LogP contribution >= 0.6 is 11.8 Å². The molecule has 1 atom stereocenters. The number of carbonyl (C=O) groups is 2. The summed E-state index contributed by atoms with van der Waals surface area (Å²) >= 11 is 1.25. The molecule has 1 aromatic carbocycles. The number of aryl methyl sites for hydroxylation is 2. The molecule has 0 aliphatic carbocycles. The predicted molar refractivity (Wildman–Crippen MR) is 86.3 cm³/mol. The molecule has 0 radical (unpaired) electrons. The highest BCUT2D eigenvalue weighted by Crippen LogP contribution is 2.25. The molecular weight excluding hydrogens is 306 g/mol. The first-order valence-corrected chi connectivity index (χ1v) is 8.00. The Balaban J connectivity index is 2.75. The first kappa shape index (κ1) is 18.5. The first-order chi connectivity index (χ1) is 10.4. The van der Waals surface area contributed by atoms with E-state index in [0.29, 0.717) is 12.3 Å². The number of carboxylic acids is 1. The van der Waals surface area contributed by atoms with Gasteiger partial charge in [0.15, 0.2) is 6.10 Å². The van der Waals surface area contributed by atoms with Crippen molar-refractivity contribution >= 4 is 29.3 Å². The van der Waals surface area contributed by atoms with Crippen LogP contribution in [0.15, 0.2) is 18.2 Å². The molecule has 1 amide bonds. The number of aliphatic hydroxyl groups excluding tert-OH is 2. The van der Waals surface area contributed by atoms with Crippen molar-refractivity contribution in [3.8, 4) is 0 Å². The van der Waals surface area contributed by atoms with Crippen LogP contribution in [0.4, 0.5) is 5.69 Å². The third-order valence-electron chi connectivity index (χ3n) is 3.17. The van der Waals surface area contributed by atoms with Crippen LogP contribution in [-0.2, 0) is 9.59 Å². The number of amides is 1. The SMILES string of the molecule is Cc1cccc(C)c1N(CCSCC(O)C(=O)O)C(=O)CO. The molecule has 7 heteroatoms. The molecule has 22 heavy (non-hydrogen) atoms. The fourth-order valence-electron chi connectivity index (χ4n) is 2.10. The number of thioether (sulfide) groups is 1. The van der Waals surface area contributed by atoms with Crippen molar-refractivity contribution in [3.05, 3.63) is 29.3 Å². The number of carbonyl (C=O) groups excluding carboxylic acids is 1. The number of hydrogen-bond donors (Lipinski definition) is 3. The second-order valence-corrected chi connectivity index (χ2v) is 6.02. The monoisotopic (exact) mass is 327 g/mol. The first-order valence-electron chi connectivity index (χ1n) is 6.84. The minimum Gasteiger partial charge on any atom is -0.479 e. The van der Waals surface area contributed by atoms with Crippen LogP contribution in [0.25, 0.3) is 0 Å². The van der Waals surface area contributed by atoms with Crippen molar-refractivity contribution in [1.82, 2.24) is 0 Å². The molecule has 1 aromatic rings. The van der Waals surface area contributed by atoms with E-state index in [1.54, 1.807) is 0 Å². The summed E-state index contributed by atoms with van der Waals surface area (Å²) in [5, 5.41) is 27.0. The largest absolute Gasteiger partial charge is 0.479 e. The Morgan fingerprint density at radius 1 is 1.27 bits per heavy atom. The maximum atomic E-state index is 12.0. The zero-order chi connectivity index (χ0) is 16.7. The number of aliphatic carboxylic acids is 1. The fourth-order valence-corrected chi connectivity index (χ4v) is 2.94. The lowest BCUT2D eigenvalue weighted by atomic mass is 10.1. The summed E-state index contributed by atoms with van der Waals surface area (Å²) in [6.07, 6.45) is -1.41. The molecule has 0 fully saturated rings. The topological polar surface area (TPSA) is 98.1 Å². The molecule has 0 saturated carbocycles. The van der Waals surface area contributed by atoms with E-state index in [1.807, 2.05) is 32.0 Å². The molecule has 0 aliphatic rings. The maximum Gasteiger partial charge on any atom is 0.333 e. The second kappa shape index (κ2) is 8.77. The Morgan fingerprint density at radius 2 is 1.86 bits per heavy atom. The zero-order valence-corrected chi connectivity index (χ0v) is 13.5. The summed E-state index contributed by atoms with van der Waals surface area (Å²) in [6, 6.07) is 5.68. The van der Waals surface area contributed by atoms with Crippen LogP contribution in [0.3, 0.4) is 0 Å². The van der Waals surface area contributed by atoms with E-state index in [4.69, 9.17) is 10.2 Å². The lowest BCUT2D eigenvalue weighted by Gasteiger charge is -2.25. The summed E-state index contributed by atoms with van der Waals surface area (Å²) in [6.45, 7) is 3.53. The summed E-state index contributed by atoms with van der Waals surface area (Å²) in [7, 11) is 0. The van der Waals surface area contributed by atoms with Crippen LogP contribution in [0.5, 0.6) is 0 Å². The normalized spacial score (nSPS) is 12.0. The van der Waals surface area contributed by atoms with Crippen LogP contribution in [0, 0.1) is 13.8 Å². The number of anilines is 1. The Bertz CT molecular complexity index is 514. The third kappa shape index (κ3) is 5.01. The molecule has 6 nitrogen and oxygen atoms in total. The van der Waals surface area contributed by atoms with E-state index in [0.717, 1.165) is 16.8 Å². The van der Waals surface area contributed by atoms with Gasteiger partial charge in [0.1, 0.15) is 6.61 Å². The van der Waals surface area contributed by atoms with Gasteiger partial charge in [-0.15, -0.1) is 0 Å². The number of aliphatic hydroxyl groups is 2. The number of rotatable bonds is 8. The molecule has 0 aromatic heterocycles. The van der Waals surface area contributed by atoms with Crippen molar-refractivity contribution in [1.29, 1.82) is 0 Å². The highest BCUT2D eigenvalue weighted by Gasteiger charge is 2.19.